The van der Waals surface area contributed by atoms with Crippen molar-refractivity contribution in [3.05, 3.63) is 29.3 Å². The van der Waals surface area contributed by atoms with E-state index in [9.17, 15) is 8.42 Å². The molecule has 1 aliphatic rings. The van der Waals surface area contributed by atoms with Crippen molar-refractivity contribution in [2.75, 3.05) is 52.8 Å². The number of hydrogen-bond acceptors (Lipinski definition) is 5. The van der Waals surface area contributed by atoms with Gasteiger partial charge in [0.1, 0.15) is 12.4 Å². The van der Waals surface area contributed by atoms with Gasteiger partial charge >= 0.3 is 0 Å². The average molecular weight is 569 g/mol. The zero-order chi connectivity index (χ0) is 22.0. The number of hydrogen-bond donors (Lipinski definition) is 2. The molecule has 1 aromatic carbocycles. The van der Waals surface area contributed by atoms with Gasteiger partial charge in [-0.3, -0.25) is 4.99 Å². The molecule has 8 nitrogen and oxygen atoms in total. The number of ether oxygens (including phenoxy) is 2. The van der Waals surface area contributed by atoms with Gasteiger partial charge in [0.15, 0.2) is 5.96 Å². The molecule has 178 valence electrons. The van der Waals surface area contributed by atoms with Crippen LogP contribution >= 0.6 is 24.0 Å². The van der Waals surface area contributed by atoms with E-state index in [1.807, 2.05) is 19.9 Å². The Kier molecular flexibility index (Phi) is 12.7. The van der Waals surface area contributed by atoms with Crippen LogP contribution in [0.25, 0.3) is 0 Å². The maximum atomic E-state index is 11.6. The molecule has 0 aliphatic carbocycles. The lowest BCUT2D eigenvalue weighted by Gasteiger charge is -2.30. The molecule has 0 spiro atoms. The molecule has 0 saturated carbocycles. The summed E-state index contributed by atoms with van der Waals surface area (Å²) in [4.78, 5) is 4.30. The van der Waals surface area contributed by atoms with Gasteiger partial charge in [-0.05, 0) is 44.2 Å². The van der Waals surface area contributed by atoms with Crippen molar-refractivity contribution in [2.24, 2.45) is 10.9 Å². The molecule has 2 N–H and O–H groups in total. The summed E-state index contributed by atoms with van der Waals surface area (Å²) >= 11 is 0. The van der Waals surface area contributed by atoms with Crippen molar-refractivity contribution in [2.45, 2.75) is 33.2 Å². The average Bonchev–Trinajstić information content (AvgIpc) is 2.72. The van der Waals surface area contributed by atoms with Crippen LogP contribution in [0.4, 0.5) is 0 Å². The summed E-state index contributed by atoms with van der Waals surface area (Å²) in [6.07, 6.45) is 2.98. The number of nitrogens with zero attached hydrogens (tertiary/aromatic N) is 2. The zero-order valence-corrected chi connectivity index (χ0v) is 22.2. The lowest BCUT2D eigenvalue weighted by molar-refractivity contribution is 0.110. The Morgan fingerprint density at radius 1 is 1.23 bits per heavy atom. The van der Waals surface area contributed by atoms with Gasteiger partial charge in [0, 0.05) is 45.4 Å². The highest BCUT2D eigenvalue weighted by Gasteiger charge is 2.24. The molecule has 31 heavy (non-hydrogen) atoms. The molecule has 10 heteroatoms. The molecule has 0 unspecified atom stereocenters. The Balaban J connectivity index is 0.00000480. The highest BCUT2D eigenvalue weighted by atomic mass is 127. The van der Waals surface area contributed by atoms with E-state index in [0.717, 1.165) is 42.2 Å². The molecule has 0 atom stereocenters. The fourth-order valence-corrected chi connectivity index (χ4v) is 4.26. The van der Waals surface area contributed by atoms with Crippen LogP contribution in [-0.4, -0.2) is 71.4 Å². The number of benzene rings is 1. The normalized spacial score (nSPS) is 15.9. The number of rotatable bonds is 10. The van der Waals surface area contributed by atoms with E-state index in [1.54, 1.807) is 11.4 Å². The quantitative estimate of drug-likeness (QED) is 0.195. The Labute approximate surface area is 204 Å². The maximum absolute atomic E-state index is 11.6. The van der Waals surface area contributed by atoms with Crippen LogP contribution in [0.5, 0.6) is 5.75 Å². The smallest absolute Gasteiger partial charge is 0.211 e. The number of aryl methyl sites for hydroxylation is 1. The van der Waals surface area contributed by atoms with Crippen LogP contribution in [0.2, 0.25) is 0 Å². The lowest BCUT2D eigenvalue weighted by atomic mass is 9.98. The highest BCUT2D eigenvalue weighted by molar-refractivity contribution is 14.0. The summed E-state index contributed by atoms with van der Waals surface area (Å²) in [6, 6.07) is 6.17. The van der Waals surface area contributed by atoms with Crippen molar-refractivity contribution >= 4 is 40.0 Å². The van der Waals surface area contributed by atoms with Gasteiger partial charge in [-0.25, -0.2) is 12.7 Å². The number of piperidine rings is 1. The summed E-state index contributed by atoms with van der Waals surface area (Å²) < 4.78 is 36.1. The van der Waals surface area contributed by atoms with E-state index >= 15 is 0 Å². The molecule has 1 fully saturated rings. The van der Waals surface area contributed by atoms with Crippen molar-refractivity contribution in [1.29, 1.82) is 0 Å². The van der Waals surface area contributed by atoms with Gasteiger partial charge in [-0.2, -0.15) is 0 Å². The fourth-order valence-electron chi connectivity index (χ4n) is 3.38. The number of guanidine groups is 1. The summed E-state index contributed by atoms with van der Waals surface area (Å²) in [5, 5.41) is 6.70. The molecule has 0 radical (unpaired) electrons. The van der Waals surface area contributed by atoms with Gasteiger partial charge in [0.2, 0.25) is 10.0 Å². The van der Waals surface area contributed by atoms with E-state index < -0.39 is 10.0 Å². The first-order chi connectivity index (χ1) is 14.3. The van der Waals surface area contributed by atoms with Gasteiger partial charge in [-0.15, -0.1) is 24.0 Å². The maximum Gasteiger partial charge on any atom is 0.211 e. The van der Waals surface area contributed by atoms with Crippen molar-refractivity contribution in [3.63, 3.8) is 0 Å². The van der Waals surface area contributed by atoms with Crippen LogP contribution in [0.1, 0.15) is 30.9 Å². The standard InChI is InChI=1S/C21H36N4O4S.HI/c1-5-28-12-13-29-20-14-17(2)6-7-19(20)16-24-21(22-3)23-15-18-8-10-25(11-9-18)30(4,26)27;/h6-7,14,18H,5,8-13,15-16H2,1-4H3,(H2,22,23,24);1H. The second-order valence-electron chi connectivity index (χ2n) is 7.57. The van der Waals surface area contributed by atoms with E-state index in [1.165, 1.54) is 6.26 Å². The monoisotopic (exact) mass is 568 g/mol. The molecular weight excluding hydrogens is 531 g/mol. The van der Waals surface area contributed by atoms with Crippen LogP contribution in [0, 0.1) is 12.8 Å². The van der Waals surface area contributed by atoms with Gasteiger partial charge < -0.3 is 20.1 Å². The van der Waals surface area contributed by atoms with E-state index in [0.29, 0.717) is 45.4 Å². The van der Waals surface area contributed by atoms with Crippen molar-refractivity contribution < 1.29 is 17.9 Å². The molecule has 1 aliphatic heterocycles. The summed E-state index contributed by atoms with van der Waals surface area (Å²) in [5.74, 6) is 2.01. The fraction of sp³-hybridized carbons (Fsp3) is 0.667. The minimum Gasteiger partial charge on any atom is -0.491 e. The van der Waals surface area contributed by atoms with Gasteiger partial charge in [0.25, 0.3) is 0 Å². The summed E-state index contributed by atoms with van der Waals surface area (Å²) in [7, 11) is -1.34. The molecular formula is C21H37IN4O4S. The zero-order valence-electron chi connectivity index (χ0n) is 19.0. The molecule has 1 aromatic rings. The number of nitrogens with one attached hydrogen (secondary N) is 2. The SMILES string of the molecule is CCOCCOc1cc(C)ccc1CNC(=NC)NCC1CCN(S(C)(=O)=O)CC1.I. The second-order valence-corrected chi connectivity index (χ2v) is 9.55. The first-order valence-corrected chi connectivity index (χ1v) is 12.4. The topological polar surface area (TPSA) is 92.3 Å². The Hall–Kier alpha value is -1.11. The molecule has 2 rings (SSSR count). The number of sulfonamides is 1. The van der Waals surface area contributed by atoms with E-state index in [2.05, 4.69) is 27.8 Å². The predicted molar refractivity (Wildman–Crippen MR) is 136 cm³/mol. The van der Waals surface area contributed by atoms with E-state index in [4.69, 9.17) is 9.47 Å². The molecule has 0 aromatic heterocycles. The molecule has 0 amide bonds. The van der Waals surface area contributed by atoms with Gasteiger partial charge in [-0.1, -0.05) is 12.1 Å². The Morgan fingerprint density at radius 2 is 1.94 bits per heavy atom. The largest absolute Gasteiger partial charge is 0.491 e. The predicted octanol–water partition coefficient (Wildman–Crippen LogP) is 2.36. The van der Waals surface area contributed by atoms with Crippen molar-refractivity contribution in [1.82, 2.24) is 14.9 Å². The third-order valence-electron chi connectivity index (χ3n) is 5.18. The minimum absolute atomic E-state index is 0. The molecule has 0 bridgehead atoms. The van der Waals surface area contributed by atoms with Crippen molar-refractivity contribution in [3.8, 4) is 5.75 Å². The third-order valence-corrected chi connectivity index (χ3v) is 6.49. The van der Waals surface area contributed by atoms with Gasteiger partial charge in [0.05, 0.1) is 12.9 Å². The first kappa shape index (κ1) is 27.9. The van der Waals surface area contributed by atoms with Crippen LogP contribution < -0.4 is 15.4 Å². The number of aliphatic imine (C=N–C) groups is 1. The van der Waals surface area contributed by atoms with Crippen LogP contribution in [0.3, 0.4) is 0 Å². The molecule has 1 saturated heterocycles. The highest BCUT2D eigenvalue weighted by Crippen LogP contribution is 2.21. The lowest BCUT2D eigenvalue weighted by Crippen LogP contribution is -2.43. The summed E-state index contributed by atoms with van der Waals surface area (Å²) in [5.41, 5.74) is 2.20. The Morgan fingerprint density at radius 3 is 2.55 bits per heavy atom. The third kappa shape index (κ3) is 9.92. The van der Waals surface area contributed by atoms with Crippen LogP contribution in [-0.2, 0) is 21.3 Å². The Bertz CT molecular complexity index is 797. The van der Waals surface area contributed by atoms with Crippen LogP contribution in [0.15, 0.2) is 23.2 Å². The molecule has 1 heterocycles. The summed E-state index contributed by atoms with van der Waals surface area (Å²) in [6.45, 7) is 8.31. The first-order valence-electron chi connectivity index (χ1n) is 10.5. The number of halogens is 1. The minimum atomic E-state index is -3.08. The second kappa shape index (κ2) is 14.1. The van der Waals surface area contributed by atoms with E-state index in [-0.39, 0.29) is 24.0 Å².